The first-order valence-electron chi connectivity index (χ1n) is 4.53. The minimum absolute atomic E-state index is 0.0197. The molecule has 6 nitrogen and oxygen atoms in total. The van der Waals surface area contributed by atoms with Crippen molar-refractivity contribution in [1.29, 1.82) is 5.41 Å². The first kappa shape index (κ1) is 10.2. The Kier molecular flexibility index (Phi) is 2.12. The molecule has 2 amide bonds. The number of phenolic OH excluding ortho intramolecular Hbond substituents is 1. The van der Waals surface area contributed by atoms with E-state index < -0.39 is 11.8 Å². The molecule has 0 aromatic heterocycles. The number of aromatic hydroxyl groups is 1. The van der Waals surface area contributed by atoms with Crippen LogP contribution in [0.3, 0.4) is 0 Å². The largest absolute Gasteiger partial charge is 0.507 e. The lowest BCUT2D eigenvalue weighted by atomic mass is 10.1. The SMILES string of the molecule is N=C(N)CN1C(=O)c2cccc(O)c2C1=O. The van der Waals surface area contributed by atoms with Crippen molar-refractivity contribution in [2.75, 3.05) is 6.54 Å². The van der Waals surface area contributed by atoms with E-state index in [0.717, 1.165) is 4.90 Å². The third-order valence-electron chi connectivity index (χ3n) is 2.31. The van der Waals surface area contributed by atoms with Gasteiger partial charge in [0.05, 0.1) is 17.7 Å². The summed E-state index contributed by atoms with van der Waals surface area (Å²) in [4.78, 5) is 24.3. The van der Waals surface area contributed by atoms with E-state index in [1.54, 1.807) is 0 Å². The van der Waals surface area contributed by atoms with Crippen LogP contribution in [0.15, 0.2) is 18.2 Å². The molecule has 0 radical (unpaired) electrons. The first-order valence-corrected chi connectivity index (χ1v) is 4.53. The average molecular weight is 219 g/mol. The van der Waals surface area contributed by atoms with Gasteiger partial charge in [-0.25, -0.2) is 0 Å². The van der Waals surface area contributed by atoms with Gasteiger partial charge in [0.15, 0.2) is 0 Å². The Morgan fingerprint density at radius 2 is 2.06 bits per heavy atom. The predicted octanol–water partition coefficient (Wildman–Crippen LogP) is -0.0758. The van der Waals surface area contributed by atoms with Crippen molar-refractivity contribution in [2.45, 2.75) is 0 Å². The number of benzene rings is 1. The molecule has 0 saturated carbocycles. The molecule has 0 saturated heterocycles. The van der Waals surface area contributed by atoms with E-state index >= 15 is 0 Å². The number of amides is 2. The Morgan fingerprint density at radius 1 is 1.38 bits per heavy atom. The van der Waals surface area contributed by atoms with Gasteiger partial charge in [0.1, 0.15) is 11.6 Å². The molecule has 1 aromatic carbocycles. The van der Waals surface area contributed by atoms with Crippen molar-refractivity contribution in [3.63, 3.8) is 0 Å². The summed E-state index contributed by atoms with van der Waals surface area (Å²) in [7, 11) is 0. The van der Waals surface area contributed by atoms with Gasteiger partial charge in [-0.1, -0.05) is 6.07 Å². The maximum atomic E-state index is 11.8. The van der Waals surface area contributed by atoms with Crippen LogP contribution >= 0.6 is 0 Å². The number of fused-ring (bicyclic) bond motifs is 1. The fourth-order valence-electron chi connectivity index (χ4n) is 1.63. The molecule has 0 atom stereocenters. The van der Waals surface area contributed by atoms with E-state index in [1.165, 1.54) is 18.2 Å². The summed E-state index contributed by atoms with van der Waals surface area (Å²) in [6, 6.07) is 4.27. The highest BCUT2D eigenvalue weighted by Gasteiger charge is 2.37. The van der Waals surface area contributed by atoms with Crippen LogP contribution < -0.4 is 5.73 Å². The van der Waals surface area contributed by atoms with Gasteiger partial charge >= 0.3 is 0 Å². The van der Waals surface area contributed by atoms with Crippen LogP contribution in [0, 0.1) is 5.41 Å². The summed E-state index contributed by atoms with van der Waals surface area (Å²) in [5, 5.41) is 16.6. The molecule has 2 rings (SSSR count). The van der Waals surface area contributed by atoms with E-state index in [0.29, 0.717) is 0 Å². The van der Waals surface area contributed by atoms with Gasteiger partial charge < -0.3 is 10.8 Å². The van der Waals surface area contributed by atoms with Crippen molar-refractivity contribution >= 4 is 17.6 Å². The summed E-state index contributed by atoms with van der Waals surface area (Å²) in [5.41, 5.74) is 5.27. The third kappa shape index (κ3) is 1.31. The molecule has 16 heavy (non-hydrogen) atoms. The number of nitrogens with two attached hydrogens (primary N) is 1. The summed E-state index contributed by atoms with van der Waals surface area (Å²) in [5.74, 6) is -1.67. The number of amidine groups is 1. The number of hydrogen-bond acceptors (Lipinski definition) is 4. The van der Waals surface area contributed by atoms with Crippen molar-refractivity contribution in [3.05, 3.63) is 29.3 Å². The zero-order valence-corrected chi connectivity index (χ0v) is 8.23. The minimum Gasteiger partial charge on any atom is -0.507 e. The number of phenols is 1. The smallest absolute Gasteiger partial charge is 0.265 e. The Morgan fingerprint density at radius 3 is 2.62 bits per heavy atom. The fourth-order valence-corrected chi connectivity index (χ4v) is 1.63. The van der Waals surface area contributed by atoms with E-state index in [9.17, 15) is 14.7 Å². The highest BCUT2D eigenvalue weighted by Crippen LogP contribution is 2.29. The standard InChI is InChI=1S/C10H9N3O3/c11-7(12)4-13-9(15)5-2-1-3-6(14)8(5)10(13)16/h1-3,14H,4H2,(H3,11,12). The number of imide groups is 1. The van der Waals surface area contributed by atoms with E-state index in [-0.39, 0.29) is 29.3 Å². The quantitative estimate of drug-likeness (QED) is 0.367. The lowest BCUT2D eigenvalue weighted by Gasteiger charge is -2.11. The maximum Gasteiger partial charge on any atom is 0.265 e. The van der Waals surface area contributed by atoms with Gasteiger partial charge in [-0.2, -0.15) is 0 Å². The van der Waals surface area contributed by atoms with Gasteiger partial charge in [0.2, 0.25) is 0 Å². The second kappa shape index (κ2) is 3.34. The Labute approximate surface area is 90.8 Å². The number of nitrogens with zero attached hydrogens (tertiary/aromatic N) is 1. The van der Waals surface area contributed by atoms with E-state index in [2.05, 4.69) is 0 Å². The van der Waals surface area contributed by atoms with Gasteiger partial charge in [-0.3, -0.25) is 19.9 Å². The Hall–Kier alpha value is -2.37. The molecule has 4 N–H and O–H groups in total. The van der Waals surface area contributed by atoms with Crippen LogP contribution in [-0.2, 0) is 0 Å². The predicted molar refractivity (Wildman–Crippen MR) is 55.4 cm³/mol. The average Bonchev–Trinajstić information content (AvgIpc) is 2.44. The summed E-state index contributed by atoms with van der Waals surface area (Å²) in [6.45, 7) is -0.258. The topological polar surface area (TPSA) is 107 Å². The first-order chi connectivity index (χ1) is 7.52. The number of nitrogens with one attached hydrogen (secondary N) is 1. The van der Waals surface area contributed by atoms with Crippen LogP contribution in [0.1, 0.15) is 20.7 Å². The molecule has 1 aliphatic heterocycles. The maximum absolute atomic E-state index is 11.8. The van der Waals surface area contributed by atoms with Crippen molar-refractivity contribution in [3.8, 4) is 5.75 Å². The van der Waals surface area contributed by atoms with Crippen molar-refractivity contribution < 1.29 is 14.7 Å². The molecule has 6 heteroatoms. The number of hydrogen-bond donors (Lipinski definition) is 3. The lowest BCUT2D eigenvalue weighted by Crippen LogP contribution is -2.37. The molecule has 0 fully saturated rings. The van der Waals surface area contributed by atoms with Crippen LogP contribution in [0.25, 0.3) is 0 Å². The minimum atomic E-state index is -0.617. The molecule has 1 aliphatic rings. The van der Waals surface area contributed by atoms with E-state index in [4.69, 9.17) is 11.1 Å². The Bertz CT molecular complexity index is 510. The van der Waals surface area contributed by atoms with Crippen molar-refractivity contribution in [1.82, 2.24) is 4.90 Å². The zero-order valence-electron chi connectivity index (χ0n) is 8.23. The summed E-state index contributed by atoms with van der Waals surface area (Å²) >= 11 is 0. The second-order valence-corrected chi connectivity index (χ2v) is 3.42. The highest BCUT2D eigenvalue weighted by atomic mass is 16.3. The summed E-state index contributed by atoms with van der Waals surface area (Å²) < 4.78 is 0. The van der Waals surface area contributed by atoms with Crippen LogP contribution in [0.5, 0.6) is 5.75 Å². The molecule has 82 valence electrons. The molecular formula is C10H9N3O3. The van der Waals surface area contributed by atoms with E-state index in [1.807, 2.05) is 0 Å². The molecule has 0 spiro atoms. The Balaban J connectivity index is 2.48. The summed E-state index contributed by atoms with van der Waals surface area (Å²) in [6.07, 6.45) is 0. The lowest BCUT2D eigenvalue weighted by molar-refractivity contribution is 0.0676. The normalized spacial score (nSPS) is 14.1. The monoisotopic (exact) mass is 219 g/mol. The molecule has 0 bridgehead atoms. The second-order valence-electron chi connectivity index (χ2n) is 3.42. The molecule has 0 unspecified atom stereocenters. The fraction of sp³-hybridized carbons (Fsp3) is 0.100. The molecule has 0 aliphatic carbocycles. The molecular weight excluding hydrogens is 210 g/mol. The van der Waals surface area contributed by atoms with Crippen LogP contribution in [0.4, 0.5) is 0 Å². The highest BCUT2D eigenvalue weighted by molar-refractivity contribution is 6.23. The van der Waals surface area contributed by atoms with Crippen LogP contribution in [-0.4, -0.2) is 34.2 Å². The number of carbonyl (C=O) groups is 2. The van der Waals surface area contributed by atoms with Gasteiger partial charge in [0.25, 0.3) is 11.8 Å². The van der Waals surface area contributed by atoms with Crippen LogP contribution in [0.2, 0.25) is 0 Å². The number of rotatable bonds is 2. The zero-order chi connectivity index (χ0) is 11.9. The van der Waals surface area contributed by atoms with Gasteiger partial charge in [-0.15, -0.1) is 0 Å². The molecule has 1 heterocycles. The number of carbonyl (C=O) groups excluding carboxylic acids is 2. The van der Waals surface area contributed by atoms with Crippen molar-refractivity contribution in [2.24, 2.45) is 5.73 Å². The molecule has 1 aromatic rings. The van der Waals surface area contributed by atoms with Gasteiger partial charge in [0, 0.05) is 0 Å². The van der Waals surface area contributed by atoms with Gasteiger partial charge in [-0.05, 0) is 12.1 Å². The third-order valence-corrected chi connectivity index (χ3v) is 2.31.